The van der Waals surface area contributed by atoms with Gasteiger partial charge in [-0.25, -0.2) is 4.79 Å². The van der Waals surface area contributed by atoms with Crippen molar-refractivity contribution in [3.05, 3.63) is 0 Å². The van der Waals surface area contributed by atoms with Gasteiger partial charge in [-0.15, -0.1) is 0 Å². The molecule has 0 aliphatic carbocycles. The highest BCUT2D eigenvalue weighted by Gasteiger charge is 2.57. The number of carbonyl (C=O) groups excluding carboxylic acids is 1. The van der Waals surface area contributed by atoms with E-state index in [-0.39, 0.29) is 0 Å². The first-order chi connectivity index (χ1) is 6.85. The highest BCUT2D eigenvalue weighted by Crippen LogP contribution is 2.40. The zero-order valence-corrected chi connectivity index (χ0v) is 10.1. The molecule has 1 N–H and O–H groups in total. The SMILES string of the molecule is C[Si](C)(C)[C@]1(N=C=O)OCC[C@H]1C(=O)O. The van der Waals surface area contributed by atoms with E-state index < -0.39 is 25.3 Å². The van der Waals surface area contributed by atoms with Crippen molar-refractivity contribution in [3.63, 3.8) is 0 Å². The number of nitrogens with zero attached hydrogens (tertiary/aromatic N) is 1. The lowest BCUT2D eigenvalue weighted by Gasteiger charge is -2.37. The van der Waals surface area contributed by atoms with Gasteiger partial charge in [0.15, 0.2) is 5.35 Å². The molecule has 1 heterocycles. The molecule has 0 amide bonds. The molecule has 0 saturated carbocycles. The van der Waals surface area contributed by atoms with E-state index in [0.717, 1.165) is 0 Å². The molecule has 0 unspecified atom stereocenters. The molecule has 1 aliphatic rings. The normalized spacial score (nSPS) is 31.0. The van der Waals surface area contributed by atoms with Crippen LogP contribution < -0.4 is 0 Å². The van der Waals surface area contributed by atoms with E-state index in [4.69, 9.17) is 9.84 Å². The molecule has 1 aliphatic heterocycles. The molecule has 2 atom stereocenters. The fourth-order valence-corrected chi connectivity index (χ4v) is 4.23. The van der Waals surface area contributed by atoms with Gasteiger partial charge < -0.3 is 9.84 Å². The zero-order chi connectivity index (χ0) is 11.7. The lowest BCUT2D eigenvalue weighted by atomic mass is 10.1. The van der Waals surface area contributed by atoms with Gasteiger partial charge in [0.1, 0.15) is 14.0 Å². The van der Waals surface area contributed by atoms with Crippen LogP contribution in [0.3, 0.4) is 0 Å². The van der Waals surface area contributed by atoms with E-state index >= 15 is 0 Å². The fraction of sp³-hybridized carbons (Fsp3) is 0.778. The summed E-state index contributed by atoms with van der Waals surface area (Å²) in [5, 5.41) is 7.95. The number of ether oxygens (including phenoxy) is 1. The Morgan fingerprint density at radius 1 is 1.60 bits per heavy atom. The number of aliphatic carboxylic acids is 1. The standard InChI is InChI=1S/C9H15NO4Si/c1-15(2,3)9(10-6-11)7(8(12)13)4-5-14-9/h7H,4-5H2,1-3H3,(H,12,13)/t7-,9+/m0/s1. The number of carboxylic acids is 1. The van der Waals surface area contributed by atoms with Gasteiger partial charge in [0.2, 0.25) is 6.08 Å². The maximum Gasteiger partial charge on any atom is 0.311 e. The van der Waals surface area contributed by atoms with Crippen molar-refractivity contribution in [2.75, 3.05) is 6.61 Å². The third-order valence-electron chi connectivity index (χ3n) is 2.79. The Morgan fingerprint density at radius 2 is 2.20 bits per heavy atom. The minimum Gasteiger partial charge on any atom is -0.481 e. The molecular weight excluding hydrogens is 214 g/mol. The molecule has 1 saturated heterocycles. The lowest BCUT2D eigenvalue weighted by Crippen LogP contribution is -2.56. The number of carbonyl (C=O) groups is 1. The molecule has 5 nitrogen and oxygen atoms in total. The Labute approximate surface area is 89.2 Å². The first kappa shape index (κ1) is 12.1. The summed E-state index contributed by atoms with van der Waals surface area (Å²) in [5.41, 5.74) is 0. The average molecular weight is 229 g/mol. The van der Waals surface area contributed by atoms with Gasteiger partial charge in [0.25, 0.3) is 0 Å². The quantitative estimate of drug-likeness (QED) is 0.445. The van der Waals surface area contributed by atoms with Crippen LogP contribution in [0.15, 0.2) is 4.99 Å². The van der Waals surface area contributed by atoms with Crippen LogP contribution in [0.1, 0.15) is 6.42 Å². The van der Waals surface area contributed by atoms with E-state index in [9.17, 15) is 9.59 Å². The molecule has 1 rings (SSSR count). The van der Waals surface area contributed by atoms with E-state index in [2.05, 4.69) is 4.99 Å². The van der Waals surface area contributed by atoms with Crippen LogP contribution in [0.2, 0.25) is 19.6 Å². The van der Waals surface area contributed by atoms with Crippen molar-refractivity contribution >= 4 is 20.1 Å². The third-order valence-corrected chi connectivity index (χ3v) is 5.54. The molecule has 0 bridgehead atoms. The van der Waals surface area contributed by atoms with Gasteiger partial charge in [0, 0.05) is 0 Å². The Kier molecular flexibility index (Phi) is 3.13. The van der Waals surface area contributed by atoms with Crippen molar-refractivity contribution in [1.82, 2.24) is 0 Å². The summed E-state index contributed by atoms with van der Waals surface area (Å²) in [7, 11) is -2.05. The Balaban J connectivity index is 3.21. The van der Waals surface area contributed by atoms with Gasteiger partial charge in [-0.1, -0.05) is 19.6 Å². The zero-order valence-electron chi connectivity index (χ0n) is 9.11. The second-order valence-electron chi connectivity index (χ2n) is 4.68. The van der Waals surface area contributed by atoms with Crippen LogP contribution in [0.5, 0.6) is 0 Å². The Hall–Kier alpha value is -0.973. The topological polar surface area (TPSA) is 76.0 Å². The van der Waals surface area contributed by atoms with Crippen LogP contribution >= 0.6 is 0 Å². The summed E-state index contributed by atoms with van der Waals surface area (Å²) in [6.07, 6.45) is 1.87. The Bertz CT molecular complexity index is 319. The van der Waals surface area contributed by atoms with Crippen LogP contribution in [0.4, 0.5) is 0 Å². The largest absolute Gasteiger partial charge is 0.481 e. The molecule has 0 aromatic carbocycles. The number of rotatable bonds is 3. The molecule has 6 heteroatoms. The van der Waals surface area contributed by atoms with E-state index in [0.29, 0.717) is 13.0 Å². The Morgan fingerprint density at radius 3 is 2.60 bits per heavy atom. The van der Waals surface area contributed by atoms with Gasteiger partial charge in [0.05, 0.1) is 6.61 Å². The van der Waals surface area contributed by atoms with Crippen molar-refractivity contribution in [2.45, 2.75) is 31.4 Å². The number of aliphatic imine (C=N–C) groups is 1. The number of hydrogen-bond acceptors (Lipinski definition) is 4. The summed E-state index contributed by atoms with van der Waals surface area (Å²) in [6.45, 7) is 6.16. The first-order valence-corrected chi connectivity index (χ1v) is 8.31. The maximum atomic E-state index is 11.1. The molecular formula is C9H15NO4Si. The number of carboxylic acid groups (broad SMARTS) is 1. The van der Waals surface area contributed by atoms with Crippen molar-refractivity contribution in [3.8, 4) is 0 Å². The second-order valence-corrected chi connectivity index (χ2v) is 9.89. The molecule has 1 fully saturated rings. The predicted octanol–water partition coefficient (Wildman–Crippen LogP) is 1.02. The summed E-state index contributed by atoms with van der Waals surface area (Å²) < 4.78 is 5.47. The summed E-state index contributed by atoms with van der Waals surface area (Å²) in [6, 6.07) is 0. The number of hydrogen-bond donors (Lipinski definition) is 1. The molecule has 84 valence electrons. The highest BCUT2D eigenvalue weighted by molar-refractivity contribution is 6.79. The van der Waals surface area contributed by atoms with Gasteiger partial charge >= 0.3 is 5.97 Å². The second kappa shape index (κ2) is 3.88. The summed E-state index contributed by atoms with van der Waals surface area (Å²) in [4.78, 5) is 25.2. The summed E-state index contributed by atoms with van der Waals surface area (Å²) >= 11 is 0. The van der Waals surface area contributed by atoms with E-state index in [1.165, 1.54) is 6.08 Å². The molecule has 0 aromatic heterocycles. The third kappa shape index (κ3) is 1.88. The molecule has 0 aromatic rings. The van der Waals surface area contributed by atoms with E-state index in [1.807, 2.05) is 19.6 Å². The van der Waals surface area contributed by atoms with Crippen LogP contribution in [-0.4, -0.2) is 37.2 Å². The highest BCUT2D eigenvalue weighted by atomic mass is 28.3. The number of isocyanates is 1. The summed E-state index contributed by atoms with van der Waals surface area (Å²) in [5.74, 6) is -1.67. The maximum absolute atomic E-state index is 11.1. The van der Waals surface area contributed by atoms with Crippen LogP contribution in [0, 0.1) is 5.92 Å². The van der Waals surface area contributed by atoms with Crippen LogP contribution in [-0.2, 0) is 14.3 Å². The van der Waals surface area contributed by atoms with Crippen LogP contribution in [0.25, 0.3) is 0 Å². The molecule has 0 radical (unpaired) electrons. The van der Waals surface area contributed by atoms with Gasteiger partial charge in [-0.2, -0.15) is 4.99 Å². The van der Waals surface area contributed by atoms with Gasteiger partial charge in [-0.3, -0.25) is 4.79 Å². The smallest absolute Gasteiger partial charge is 0.311 e. The molecule has 15 heavy (non-hydrogen) atoms. The van der Waals surface area contributed by atoms with Crippen molar-refractivity contribution in [2.24, 2.45) is 10.9 Å². The molecule has 0 spiro atoms. The average Bonchev–Trinajstić information content (AvgIpc) is 2.48. The van der Waals surface area contributed by atoms with Crippen molar-refractivity contribution in [1.29, 1.82) is 0 Å². The monoisotopic (exact) mass is 229 g/mol. The minimum atomic E-state index is -2.05. The van der Waals surface area contributed by atoms with E-state index in [1.54, 1.807) is 0 Å². The van der Waals surface area contributed by atoms with Gasteiger partial charge in [-0.05, 0) is 6.42 Å². The predicted molar refractivity (Wildman–Crippen MR) is 55.9 cm³/mol. The lowest BCUT2D eigenvalue weighted by molar-refractivity contribution is -0.144. The van der Waals surface area contributed by atoms with Crippen molar-refractivity contribution < 1.29 is 19.4 Å². The fourth-order valence-electron chi connectivity index (χ4n) is 2.00. The first-order valence-electron chi connectivity index (χ1n) is 4.81. The minimum absolute atomic E-state index is 0.340.